The van der Waals surface area contributed by atoms with Crippen LogP contribution in [-0.2, 0) is 32.7 Å². The highest BCUT2D eigenvalue weighted by atomic mass is 31.2. The highest BCUT2D eigenvalue weighted by Crippen LogP contribution is 2.43. The number of carbonyl (C=O) groups is 2. The van der Waals surface area contributed by atoms with Gasteiger partial charge >= 0.3 is 19.8 Å². The molecule has 0 saturated carbocycles. The lowest BCUT2D eigenvalue weighted by Crippen LogP contribution is -2.34. The Labute approximate surface area is 423 Å². The van der Waals surface area contributed by atoms with E-state index in [0.29, 0.717) is 13.0 Å². The molecular formula is C58H104NO9P. The van der Waals surface area contributed by atoms with Crippen LogP contribution in [0.4, 0.5) is 0 Å². The number of carbonyl (C=O) groups excluding carboxylic acids is 1. The number of rotatable bonds is 53. The smallest absolute Gasteiger partial charge is 0.472 e. The van der Waals surface area contributed by atoms with Crippen molar-refractivity contribution in [3.05, 3.63) is 72.9 Å². The quantitative estimate of drug-likeness (QED) is 0.0232. The molecule has 0 spiro atoms. The molecule has 0 aromatic carbocycles. The van der Waals surface area contributed by atoms with E-state index in [4.69, 9.17) is 29.4 Å². The van der Waals surface area contributed by atoms with Crippen LogP contribution in [0.3, 0.4) is 0 Å². The van der Waals surface area contributed by atoms with Crippen molar-refractivity contribution in [1.29, 1.82) is 0 Å². The number of phosphoric ester groups is 1. The topological polar surface area (TPSA) is 155 Å². The number of carboxylic acid groups (broad SMARTS) is 1. The van der Waals surface area contributed by atoms with Gasteiger partial charge in [0.05, 0.1) is 19.8 Å². The van der Waals surface area contributed by atoms with Crippen LogP contribution in [0.15, 0.2) is 72.9 Å². The maximum atomic E-state index is 12.7. The highest BCUT2D eigenvalue weighted by molar-refractivity contribution is 7.47. The molecule has 0 rings (SSSR count). The molecule has 3 unspecified atom stereocenters. The number of nitrogens with two attached hydrogens (primary N) is 1. The zero-order valence-electron chi connectivity index (χ0n) is 44.1. The average molecular weight is 990 g/mol. The highest BCUT2D eigenvalue weighted by Gasteiger charge is 2.27. The number of carboxylic acids is 1. The number of unbranched alkanes of at least 4 members (excludes halogenated alkanes) is 27. The van der Waals surface area contributed by atoms with E-state index in [1.54, 1.807) is 0 Å². The molecule has 0 radical (unpaired) electrons. The molecule has 0 aromatic rings. The zero-order valence-corrected chi connectivity index (χ0v) is 45.0. The van der Waals surface area contributed by atoms with Crippen molar-refractivity contribution in [2.24, 2.45) is 5.73 Å². The Morgan fingerprint density at radius 1 is 0.478 bits per heavy atom. The van der Waals surface area contributed by atoms with Crippen LogP contribution in [0.1, 0.15) is 245 Å². The lowest BCUT2D eigenvalue weighted by Gasteiger charge is -2.20. The van der Waals surface area contributed by atoms with E-state index in [9.17, 15) is 19.0 Å². The fourth-order valence-electron chi connectivity index (χ4n) is 7.69. The largest absolute Gasteiger partial charge is 0.480 e. The van der Waals surface area contributed by atoms with E-state index in [1.165, 1.54) is 148 Å². The monoisotopic (exact) mass is 990 g/mol. The minimum absolute atomic E-state index is 0.0120. The summed E-state index contributed by atoms with van der Waals surface area (Å²) in [5, 5.41) is 8.95. The Morgan fingerprint density at radius 3 is 1.26 bits per heavy atom. The first-order valence-electron chi connectivity index (χ1n) is 28.0. The normalized spacial score (nSPS) is 14.1. The molecule has 0 saturated heterocycles. The second-order valence-electron chi connectivity index (χ2n) is 18.7. The molecule has 4 N–H and O–H groups in total. The fourth-order valence-corrected chi connectivity index (χ4v) is 8.46. The van der Waals surface area contributed by atoms with Gasteiger partial charge in [-0.3, -0.25) is 18.6 Å². The second-order valence-corrected chi connectivity index (χ2v) is 20.1. The Bertz CT molecular complexity index is 1380. The molecule has 400 valence electrons. The van der Waals surface area contributed by atoms with Crippen LogP contribution in [0.25, 0.3) is 0 Å². The van der Waals surface area contributed by atoms with E-state index in [1.807, 2.05) is 0 Å². The molecule has 0 amide bonds. The van der Waals surface area contributed by atoms with E-state index in [-0.39, 0.29) is 13.0 Å². The number of phosphoric acid groups is 1. The second kappa shape index (κ2) is 53.2. The SMILES string of the molecule is CC/C=C\C/C=C\C/C=C\C/C=C\CCCCCCCCCCCCCOCC(COP(=O)(O)OCC(N)C(=O)O)OC(=O)CCCCCCCCCCCCC/C=C\C/C=C\CCCCCCC. The minimum atomic E-state index is -4.63. The van der Waals surface area contributed by atoms with Crippen LogP contribution in [-0.4, -0.2) is 60.5 Å². The third-order valence-electron chi connectivity index (χ3n) is 12.0. The molecule has 0 heterocycles. The molecule has 0 aromatic heterocycles. The first-order valence-corrected chi connectivity index (χ1v) is 29.5. The number of esters is 1. The third kappa shape index (κ3) is 53.1. The predicted molar refractivity (Wildman–Crippen MR) is 290 cm³/mol. The van der Waals surface area contributed by atoms with Crippen LogP contribution in [0, 0.1) is 0 Å². The van der Waals surface area contributed by atoms with Crippen molar-refractivity contribution in [3.63, 3.8) is 0 Å². The molecule has 69 heavy (non-hydrogen) atoms. The van der Waals surface area contributed by atoms with Gasteiger partial charge in [0, 0.05) is 13.0 Å². The molecule has 0 bridgehead atoms. The van der Waals surface area contributed by atoms with Gasteiger partial charge in [-0.05, 0) is 83.5 Å². The van der Waals surface area contributed by atoms with Crippen LogP contribution in [0.5, 0.6) is 0 Å². The van der Waals surface area contributed by atoms with Crippen molar-refractivity contribution in [1.82, 2.24) is 0 Å². The lowest BCUT2D eigenvalue weighted by molar-refractivity contribution is -0.154. The Balaban J connectivity index is 4.10. The summed E-state index contributed by atoms with van der Waals surface area (Å²) in [5.74, 6) is -1.78. The maximum absolute atomic E-state index is 12.7. The maximum Gasteiger partial charge on any atom is 0.472 e. The fraction of sp³-hybridized carbons (Fsp3) is 0.759. The van der Waals surface area contributed by atoms with Gasteiger partial charge in [0.1, 0.15) is 12.1 Å². The van der Waals surface area contributed by atoms with Gasteiger partial charge in [-0.1, -0.05) is 228 Å². The first kappa shape index (κ1) is 66.4. The van der Waals surface area contributed by atoms with Crippen molar-refractivity contribution in [2.45, 2.75) is 257 Å². The summed E-state index contributed by atoms with van der Waals surface area (Å²) < 4.78 is 33.6. The summed E-state index contributed by atoms with van der Waals surface area (Å²) in [4.78, 5) is 33.8. The van der Waals surface area contributed by atoms with E-state index < -0.39 is 45.1 Å². The molecule has 0 aliphatic heterocycles. The molecular weight excluding hydrogens is 886 g/mol. The van der Waals surface area contributed by atoms with Gasteiger partial charge < -0.3 is 25.2 Å². The van der Waals surface area contributed by atoms with E-state index in [0.717, 1.165) is 70.6 Å². The Hall–Kier alpha value is -2.59. The summed E-state index contributed by atoms with van der Waals surface area (Å²) in [7, 11) is -4.63. The summed E-state index contributed by atoms with van der Waals surface area (Å²) in [6, 6.07) is -1.48. The minimum Gasteiger partial charge on any atom is -0.480 e. The standard InChI is InChI=1S/C58H104NO9P/c1-3-5-7-9-11-13-15-17-19-21-23-25-27-29-31-33-35-37-39-41-43-45-47-49-51-65-52-55(53-66-69(63,64)67-54-56(59)58(61)62)68-57(60)50-48-46-44-42-40-38-36-34-32-30-28-26-24-22-20-18-16-14-12-10-8-6-4-2/h5,7,11,13,16-19,22-25,55-56H,3-4,6,8-10,12,14-15,20-21,26-54,59H2,1-2H3,(H,61,62)(H,63,64)/b7-5-,13-11-,18-16-,19-17-,24-22-,25-23-. The lowest BCUT2D eigenvalue weighted by atomic mass is 10.0. The van der Waals surface area contributed by atoms with Crippen LogP contribution >= 0.6 is 7.82 Å². The summed E-state index contributed by atoms with van der Waals surface area (Å²) >= 11 is 0. The molecule has 3 atom stereocenters. The van der Waals surface area contributed by atoms with Gasteiger partial charge in [0.25, 0.3) is 0 Å². The molecule has 10 nitrogen and oxygen atoms in total. The van der Waals surface area contributed by atoms with E-state index >= 15 is 0 Å². The molecule has 11 heteroatoms. The molecule has 0 aliphatic carbocycles. The van der Waals surface area contributed by atoms with Crippen LogP contribution < -0.4 is 5.73 Å². The van der Waals surface area contributed by atoms with Crippen molar-refractivity contribution in [2.75, 3.05) is 26.4 Å². The van der Waals surface area contributed by atoms with Crippen molar-refractivity contribution in [3.8, 4) is 0 Å². The predicted octanol–water partition coefficient (Wildman–Crippen LogP) is 16.9. The molecule has 0 aliphatic rings. The summed E-state index contributed by atoms with van der Waals surface area (Å²) in [5.41, 5.74) is 5.39. The number of ether oxygens (including phenoxy) is 2. The number of hydrogen-bond donors (Lipinski definition) is 3. The Kier molecular flexibility index (Phi) is 51.2. The van der Waals surface area contributed by atoms with Gasteiger partial charge in [0.2, 0.25) is 0 Å². The van der Waals surface area contributed by atoms with Crippen molar-refractivity contribution >= 4 is 19.8 Å². The summed E-state index contributed by atoms with van der Waals surface area (Å²) in [6.07, 6.45) is 68.2. The zero-order chi connectivity index (χ0) is 50.4. The summed E-state index contributed by atoms with van der Waals surface area (Å²) in [6.45, 7) is 3.78. The number of aliphatic carboxylic acids is 1. The molecule has 0 fully saturated rings. The van der Waals surface area contributed by atoms with Gasteiger partial charge in [-0.15, -0.1) is 0 Å². The number of hydrogen-bond acceptors (Lipinski definition) is 8. The van der Waals surface area contributed by atoms with Crippen molar-refractivity contribution < 1.29 is 42.7 Å². The first-order chi connectivity index (χ1) is 33.7. The average Bonchev–Trinajstić information content (AvgIpc) is 3.33. The van der Waals surface area contributed by atoms with Gasteiger partial charge in [-0.2, -0.15) is 0 Å². The Morgan fingerprint density at radius 2 is 0.841 bits per heavy atom. The van der Waals surface area contributed by atoms with E-state index in [2.05, 4.69) is 86.8 Å². The van der Waals surface area contributed by atoms with Gasteiger partial charge in [-0.25, -0.2) is 4.57 Å². The number of allylic oxidation sites excluding steroid dienone is 12. The third-order valence-corrected chi connectivity index (χ3v) is 12.9. The van der Waals surface area contributed by atoms with Gasteiger partial charge in [0.15, 0.2) is 0 Å². The van der Waals surface area contributed by atoms with Crippen LogP contribution in [0.2, 0.25) is 0 Å².